The van der Waals surface area contributed by atoms with E-state index in [9.17, 15) is 26.3 Å². The van der Waals surface area contributed by atoms with E-state index in [0.29, 0.717) is 55.4 Å². The van der Waals surface area contributed by atoms with E-state index in [4.69, 9.17) is 56.6 Å². The van der Waals surface area contributed by atoms with Crippen molar-refractivity contribution < 1.29 is 36.6 Å². The Kier molecular flexibility index (Phi) is 14.9. The van der Waals surface area contributed by atoms with Gasteiger partial charge in [0.25, 0.3) is 0 Å². The lowest BCUT2D eigenvalue weighted by molar-refractivity contribution is -0.145. The van der Waals surface area contributed by atoms with Crippen LogP contribution in [0.1, 0.15) is 66.3 Å². The zero-order valence-electron chi connectivity index (χ0n) is 24.6. The molecule has 0 saturated carbocycles. The van der Waals surface area contributed by atoms with E-state index in [1.54, 1.807) is 38.1 Å². The summed E-state index contributed by atoms with van der Waals surface area (Å²) < 4.78 is 82.2. The van der Waals surface area contributed by atoms with Crippen LogP contribution in [0.4, 0.5) is 26.3 Å². The molecule has 0 aliphatic carbocycles. The second-order valence-electron chi connectivity index (χ2n) is 10.1. The number of aliphatic hydroxyl groups excluding tert-OH is 2. The first-order valence-electron chi connectivity index (χ1n) is 13.9. The molecule has 0 aliphatic rings. The van der Waals surface area contributed by atoms with Crippen molar-refractivity contribution >= 4 is 46.4 Å². The van der Waals surface area contributed by atoms with Gasteiger partial charge >= 0.3 is 12.4 Å². The highest BCUT2D eigenvalue weighted by atomic mass is 35.5. The minimum Gasteiger partial charge on any atom is -0.394 e. The Hall–Kier alpha value is -2.48. The Morgan fingerprint density at radius 2 is 1.09 bits per heavy atom. The number of hydrogen-bond acceptors (Lipinski definition) is 4. The van der Waals surface area contributed by atoms with Gasteiger partial charge in [-0.2, -0.15) is 36.5 Å². The average molecular weight is 750 g/mol. The van der Waals surface area contributed by atoms with Gasteiger partial charge in [0.2, 0.25) is 0 Å². The maximum Gasteiger partial charge on any atom is 0.435 e. The third-order valence-electron chi connectivity index (χ3n) is 6.74. The number of aromatic nitrogens is 4. The molecule has 4 rings (SSSR count). The van der Waals surface area contributed by atoms with Crippen LogP contribution in [0.3, 0.4) is 0 Å². The van der Waals surface area contributed by atoms with Crippen LogP contribution in [0.5, 0.6) is 0 Å². The van der Waals surface area contributed by atoms with Crippen LogP contribution in [-0.2, 0) is 51.1 Å². The predicted molar refractivity (Wildman–Crippen MR) is 173 cm³/mol. The zero-order chi connectivity index (χ0) is 34.4. The maximum atomic E-state index is 13.4. The van der Waals surface area contributed by atoms with Crippen LogP contribution in [-0.4, -0.2) is 43.0 Å². The minimum absolute atomic E-state index is 0. The highest BCUT2D eigenvalue weighted by Crippen LogP contribution is 2.36. The van der Waals surface area contributed by atoms with Crippen LogP contribution in [0, 0.1) is 0 Å². The quantitative estimate of drug-likeness (QED) is 0.159. The van der Waals surface area contributed by atoms with E-state index in [1.165, 1.54) is 16.8 Å². The van der Waals surface area contributed by atoms with Crippen molar-refractivity contribution in [2.24, 2.45) is 0 Å². The monoisotopic (exact) mass is 748 g/mol. The van der Waals surface area contributed by atoms with Crippen molar-refractivity contribution in [2.45, 2.75) is 72.4 Å². The molecule has 2 heterocycles. The summed E-state index contributed by atoms with van der Waals surface area (Å²) in [4.78, 5) is 0. The van der Waals surface area contributed by atoms with Gasteiger partial charge in [-0.1, -0.05) is 67.7 Å². The average Bonchev–Trinajstić information content (AvgIpc) is 3.45. The number of nitrogens with zero attached hydrogens (tertiary/aromatic N) is 4. The predicted octanol–water partition coefficient (Wildman–Crippen LogP) is 9.34. The summed E-state index contributed by atoms with van der Waals surface area (Å²) in [5.74, 6) is 0. The minimum atomic E-state index is -4.57. The summed E-state index contributed by atoms with van der Waals surface area (Å²) in [5, 5.41) is 27.1. The standard InChI is InChI=1S/2C15H15Cl2F3N2O.CH4/c1-2-13-12(7-9-5-10(16)8-11(17)6-9)14(15(18,19)20)21-22(13)3-4-23;1-2-13-12(7-9-5-10(16)8-11(17)6-9)14(15(18,19)20)22(21-13)3-4-23;/h2*5-6,8,23H,2-4,7H2,1H3;1H4. The van der Waals surface area contributed by atoms with Crippen LogP contribution < -0.4 is 0 Å². The summed E-state index contributed by atoms with van der Waals surface area (Å²) in [6.07, 6.45) is -8.37. The molecule has 0 aliphatic heterocycles. The molecule has 0 fully saturated rings. The molecule has 0 spiro atoms. The Morgan fingerprint density at radius 1 is 0.638 bits per heavy atom. The third kappa shape index (κ3) is 10.8. The van der Waals surface area contributed by atoms with Gasteiger partial charge in [0, 0.05) is 49.8 Å². The number of alkyl halides is 6. The fourth-order valence-electron chi connectivity index (χ4n) is 5.05. The highest BCUT2D eigenvalue weighted by Gasteiger charge is 2.40. The Morgan fingerprint density at radius 3 is 1.47 bits per heavy atom. The smallest absolute Gasteiger partial charge is 0.394 e. The molecule has 260 valence electrons. The number of rotatable bonds is 10. The summed E-state index contributed by atoms with van der Waals surface area (Å²) in [5.41, 5.74) is 0.360. The number of hydrogen-bond donors (Lipinski definition) is 2. The molecule has 0 amide bonds. The fraction of sp³-hybridized carbons (Fsp3) is 0.419. The van der Waals surface area contributed by atoms with Crippen molar-refractivity contribution in [2.75, 3.05) is 13.2 Å². The number of aliphatic hydroxyl groups is 2. The van der Waals surface area contributed by atoms with Crippen LogP contribution >= 0.6 is 46.4 Å². The van der Waals surface area contributed by atoms with Crippen LogP contribution in [0.25, 0.3) is 0 Å². The molecule has 47 heavy (non-hydrogen) atoms. The fourth-order valence-corrected chi connectivity index (χ4v) is 6.19. The van der Waals surface area contributed by atoms with Crippen molar-refractivity contribution in [1.82, 2.24) is 19.6 Å². The van der Waals surface area contributed by atoms with E-state index < -0.39 is 30.3 Å². The van der Waals surface area contributed by atoms with Gasteiger partial charge in [-0.15, -0.1) is 0 Å². The SMILES string of the molecule is C.CCc1c(Cc2cc(Cl)cc(Cl)c2)c(C(F)(F)F)nn1CCO.CCc1nn(CCO)c(C(F)(F)F)c1Cc1cc(Cl)cc(Cl)c1. The summed E-state index contributed by atoms with van der Waals surface area (Å²) >= 11 is 23.7. The van der Waals surface area contributed by atoms with Gasteiger partial charge in [0.15, 0.2) is 5.69 Å². The molecule has 16 heteroatoms. The lowest BCUT2D eigenvalue weighted by atomic mass is 10.0. The van der Waals surface area contributed by atoms with E-state index in [1.807, 2.05) is 0 Å². The molecule has 2 N–H and O–H groups in total. The Labute approximate surface area is 288 Å². The van der Waals surface area contributed by atoms with Crippen molar-refractivity contribution in [3.63, 3.8) is 0 Å². The molecule has 4 aromatic rings. The van der Waals surface area contributed by atoms with Crippen LogP contribution in [0.15, 0.2) is 36.4 Å². The van der Waals surface area contributed by atoms with Gasteiger partial charge in [-0.05, 0) is 60.4 Å². The molecule has 6 nitrogen and oxygen atoms in total. The molecule has 0 unspecified atom stereocenters. The Bertz CT molecular complexity index is 1550. The second-order valence-corrected chi connectivity index (χ2v) is 11.8. The van der Waals surface area contributed by atoms with Gasteiger partial charge in [0.05, 0.1) is 32.0 Å². The highest BCUT2D eigenvalue weighted by molar-refractivity contribution is 6.35. The lowest BCUT2D eigenvalue weighted by Crippen LogP contribution is -2.18. The maximum absolute atomic E-state index is 13.4. The topological polar surface area (TPSA) is 76.1 Å². The molecular weight excluding hydrogens is 716 g/mol. The Balaban J connectivity index is 0.000000320. The summed E-state index contributed by atoms with van der Waals surface area (Å²) in [6.45, 7) is 2.59. The van der Waals surface area contributed by atoms with Crippen molar-refractivity contribution in [3.8, 4) is 0 Å². The van der Waals surface area contributed by atoms with E-state index in [0.717, 1.165) is 4.68 Å². The molecule has 2 aromatic carbocycles. The molecule has 0 radical (unpaired) electrons. The van der Waals surface area contributed by atoms with E-state index in [-0.39, 0.29) is 51.1 Å². The van der Waals surface area contributed by atoms with Gasteiger partial charge < -0.3 is 10.2 Å². The number of benzene rings is 2. The van der Waals surface area contributed by atoms with E-state index >= 15 is 0 Å². The van der Waals surface area contributed by atoms with Crippen molar-refractivity contribution in [3.05, 3.63) is 102 Å². The summed E-state index contributed by atoms with van der Waals surface area (Å²) in [7, 11) is 0. The molecule has 0 atom stereocenters. The largest absolute Gasteiger partial charge is 0.435 e. The molecule has 2 aromatic heterocycles. The first-order chi connectivity index (χ1) is 21.5. The zero-order valence-corrected chi connectivity index (χ0v) is 27.6. The first-order valence-corrected chi connectivity index (χ1v) is 15.5. The van der Waals surface area contributed by atoms with Crippen molar-refractivity contribution in [1.29, 1.82) is 0 Å². The molecule has 0 saturated heterocycles. The number of halogens is 10. The third-order valence-corrected chi connectivity index (χ3v) is 7.61. The first kappa shape index (κ1) is 40.7. The molecule has 0 bridgehead atoms. The lowest BCUT2D eigenvalue weighted by Gasteiger charge is -2.12. The van der Waals surface area contributed by atoms with Gasteiger partial charge in [-0.3, -0.25) is 9.36 Å². The summed E-state index contributed by atoms with van der Waals surface area (Å²) in [6, 6.07) is 9.36. The normalized spacial score (nSPS) is 11.7. The van der Waals surface area contributed by atoms with E-state index in [2.05, 4.69) is 10.2 Å². The molecular formula is C31H34Cl4F6N4O2. The second kappa shape index (κ2) is 17.3. The number of aryl methyl sites for hydroxylation is 1. The van der Waals surface area contributed by atoms with Crippen LogP contribution in [0.2, 0.25) is 20.1 Å². The van der Waals surface area contributed by atoms with Gasteiger partial charge in [0.1, 0.15) is 5.69 Å². The van der Waals surface area contributed by atoms with Gasteiger partial charge in [-0.25, -0.2) is 0 Å².